The van der Waals surface area contributed by atoms with E-state index in [-0.39, 0.29) is 17.7 Å². The zero-order chi connectivity index (χ0) is 13.8. The minimum absolute atomic E-state index is 0.0346. The van der Waals surface area contributed by atoms with Gasteiger partial charge in [-0.25, -0.2) is 13.2 Å². The lowest BCUT2D eigenvalue weighted by Gasteiger charge is -2.15. The van der Waals surface area contributed by atoms with Crippen molar-refractivity contribution >= 4 is 0 Å². The first kappa shape index (κ1) is 14.4. The Kier molecular flexibility index (Phi) is 4.62. The van der Waals surface area contributed by atoms with Gasteiger partial charge in [0.05, 0.1) is 18.2 Å². The van der Waals surface area contributed by atoms with Crippen LogP contribution in [0, 0.1) is 17.1 Å². The normalized spacial score (nSPS) is 11.6. The number of alkyl halides is 4. The highest BCUT2D eigenvalue weighted by Crippen LogP contribution is 2.21. The SMILES string of the molecule is N#Cc1cc(F)cc(CNCC(F)(F)C(F)F)c1. The van der Waals surface area contributed by atoms with Gasteiger partial charge in [-0.05, 0) is 23.8 Å². The van der Waals surface area contributed by atoms with E-state index in [1.165, 1.54) is 6.07 Å². The third-order valence-electron chi connectivity index (χ3n) is 2.10. The average molecular weight is 264 g/mol. The summed E-state index contributed by atoms with van der Waals surface area (Å²) in [4.78, 5) is 0. The number of nitrogens with zero attached hydrogens (tertiary/aromatic N) is 1. The van der Waals surface area contributed by atoms with Crippen molar-refractivity contribution in [2.45, 2.75) is 18.9 Å². The lowest BCUT2D eigenvalue weighted by atomic mass is 10.1. The van der Waals surface area contributed by atoms with Crippen LogP contribution in [0.4, 0.5) is 22.0 Å². The maximum absolute atomic E-state index is 13.0. The third-order valence-corrected chi connectivity index (χ3v) is 2.10. The van der Waals surface area contributed by atoms with Gasteiger partial charge in [-0.3, -0.25) is 0 Å². The highest BCUT2D eigenvalue weighted by Gasteiger charge is 2.39. The molecule has 0 aromatic heterocycles. The minimum Gasteiger partial charge on any atom is -0.307 e. The van der Waals surface area contributed by atoms with Gasteiger partial charge in [0.25, 0.3) is 0 Å². The summed E-state index contributed by atoms with van der Waals surface area (Å²) in [6.07, 6.45) is -3.76. The molecule has 0 bridgehead atoms. The molecule has 0 amide bonds. The molecule has 0 aliphatic heterocycles. The summed E-state index contributed by atoms with van der Waals surface area (Å²) in [6.45, 7) is -1.45. The van der Waals surface area contributed by atoms with E-state index in [0.29, 0.717) is 0 Å². The molecule has 98 valence electrons. The van der Waals surface area contributed by atoms with Crippen molar-refractivity contribution in [3.63, 3.8) is 0 Å². The summed E-state index contributed by atoms with van der Waals surface area (Å²) < 4.78 is 61.7. The van der Waals surface area contributed by atoms with Crippen LogP contribution < -0.4 is 5.32 Å². The van der Waals surface area contributed by atoms with Crippen LogP contribution >= 0.6 is 0 Å². The molecule has 0 fully saturated rings. The standard InChI is InChI=1S/C11H9F5N2/c12-9-2-7(4-17)1-8(3-9)5-18-6-11(15,16)10(13)14/h1-3,10,18H,5-6H2. The van der Waals surface area contributed by atoms with Gasteiger partial charge in [0, 0.05) is 6.54 Å². The number of benzene rings is 1. The molecular formula is C11H9F5N2. The molecular weight excluding hydrogens is 255 g/mol. The van der Waals surface area contributed by atoms with E-state index in [1.807, 2.05) is 0 Å². The lowest BCUT2D eigenvalue weighted by Crippen LogP contribution is -2.38. The van der Waals surface area contributed by atoms with Crippen molar-refractivity contribution in [3.8, 4) is 6.07 Å². The first-order valence-electron chi connectivity index (χ1n) is 4.91. The molecule has 7 heteroatoms. The maximum Gasteiger partial charge on any atom is 0.319 e. The van der Waals surface area contributed by atoms with Crippen LogP contribution in [0.2, 0.25) is 0 Å². The van der Waals surface area contributed by atoms with Gasteiger partial charge in [-0.2, -0.15) is 14.0 Å². The van der Waals surface area contributed by atoms with Crippen LogP contribution in [0.15, 0.2) is 18.2 Å². The van der Waals surface area contributed by atoms with E-state index in [2.05, 4.69) is 5.32 Å². The quantitative estimate of drug-likeness (QED) is 0.830. The van der Waals surface area contributed by atoms with E-state index in [9.17, 15) is 22.0 Å². The van der Waals surface area contributed by atoms with Gasteiger partial charge in [0.15, 0.2) is 0 Å². The topological polar surface area (TPSA) is 35.8 Å². The second-order valence-electron chi connectivity index (χ2n) is 3.63. The highest BCUT2D eigenvalue weighted by atomic mass is 19.3. The van der Waals surface area contributed by atoms with E-state index in [4.69, 9.17) is 5.26 Å². The molecule has 0 unspecified atom stereocenters. The van der Waals surface area contributed by atoms with Gasteiger partial charge in [-0.15, -0.1) is 0 Å². The summed E-state index contributed by atoms with van der Waals surface area (Å²) in [6, 6.07) is 5.00. The predicted molar refractivity (Wildman–Crippen MR) is 53.8 cm³/mol. The molecule has 0 atom stereocenters. The van der Waals surface area contributed by atoms with Crippen molar-refractivity contribution in [1.29, 1.82) is 5.26 Å². The summed E-state index contributed by atoms with van der Waals surface area (Å²) in [5, 5.41) is 10.7. The van der Waals surface area contributed by atoms with Crippen molar-refractivity contribution in [1.82, 2.24) is 5.32 Å². The Labute approximate surface area is 100 Å². The first-order valence-corrected chi connectivity index (χ1v) is 4.91. The first-order chi connectivity index (χ1) is 8.35. The summed E-state index contributed by atoms with van der Waals surface area (Å²) in [5.41, 5.74) is 0.268. The molecule has 1 aromatic carbocycles. The summed E-state index contributed by atoms with van der Waals surface area (Å²) in [5.74, 6) is -4.82. The molecule has 0 saturated heterocycles. The zero-order valence-corrected chi connectivity index (χ0v) is 9.06. The van der Waals surface area contributed by atoms with Gasteiger partial charge in [-0.1, -0.05) is 0 Å². The van der Waals surface area contributed by atoms with Crippen LogP contribution in [-0.2, 0) is 6.54 Å². The molecule has 1 rings (SSSR count). The maximum atomic E-state index is 13.0. The van der Waals surface area contributed by atoms with Crippen LogP contribution in [0.3, 0.4) is 0 Å². The Morgan fingerprint density at radius 3 is 2.50 bits per heavy atom. The smallest absolute Gasteiger partial charge is 0.307 e. The number of nitriles is 1. The molecule has 0 aliphatic rings. The van der Waals surface area contributed by atoms with Gasteiger partial charge >= 0.3 is 12.3 Å². The van der Waals surface area contributed by atoms with E-state index in [1.54, 1.807) is 6.07 Å². The van der Waals surface area contributed by atoms with Crippen LogP contribution in [-0.4, -0.2) is 18.9 Å². The second-order valence-corrected chi connectivity index (χ2v) is 3.63. The second kappa shape index (κ2) is 5.78. The van der Waals surface area contributed by atoms with Crippen molar-refractivity contribution in [3.05, 3.63) is 35.1 Å². The van der Waals surface area contributed by atoms with E-state index < -0.39 is 24.7 Å². The number of hydrogen-bond acceptors (Lipinski definition) is 2. The van der Waals surface area contributed by atoms with Gasteiger partial charge in [0.1, 0.15) is 5.82 Å². The Bertz CT molecular complexity index is 453. The molecule has 0 heterocycles. The fraction of sp³-hybridized carbons (Fsp3) is 0.364. The average Bonchev–Trinajstić information content (AvgIpc) is 2.27. The van der Waals surface area contributed by atoms with Crippen molar-refractivity contribution in [2.24, 2.45) is 0 Å². The number of rotatable bonds is 5. The van der Waals surface area contributed by atoms with Crippen LogP contribution in [0.1, 0.15) is 11.1 Å². The monoisotopic (exact) mass is 264 g/mol. The van der Waals surface area contributed by atoms with Gasteiger partial charge in [0.2, 0.25) is 0 Å². The number of halogens is 5. The molecule has 2 nitrogen and oxygen atoms in total. The van der Waals surface area contributed by atoms with Crippen molar-refractivity contribution in [2.75, 3.05) is 6.54 Å². The van der Waals surface area contributed by atoms with Gasteiger partial charge < -0.3 is 5.32 Å². The Balaban J connectivity index is 2.60. The van der Waals surface area contributed by atoms with Crippen LogP contribution in [0.5, 0.6) is 0 Å². The predicted octanol–water partition coefficient (Wildman–Crippen LogP) is 2.69. The number of nitrogens with one attached hydrogen (secondary N) is 1. The zero-order valence-electron chi connectivity index (χ0n) is 9.06. The largest absolute Gasteiger partial charge is 0.319 e. The fourth-order valence-electron chi connectivity index (χ4n) is 1.27. The lowest BCUT2D eigenvalue weighted by molar-refractivity contribution is -0.125. The van der Waals surface area contributed by atoms with Crippen LogP contribution in [0.25, 0.3) is 0 Å². The molecule has 0 radical (unpaired) electrons. The fourth-order valence-corrected chi connectivity index (χ4v) is 1.27. The summed E-state index contributed by atoms with van der Waals surface area (Å²) >= 11 is 0. The molecule has 0 saturated carbocycles. The Morgan fingerprint density at radius 2 is 1.94 bits per heavy atom. The molecule has 0 aliphatic carbocycles. The van der Waals surface area contributed by atoms with Crippen molar-refractivity contribution < 1.29 is 22.0 Å². The molecule has 1 N–H and O–H groups in total. The number of hydrogen-bond donors (Lipinski definition) is 1. The van der Waals surface area contributed by atoms with E-state index >= 15 is 0 Å². The third kappa shape index (κ3) is 3.96. The highest BCUT2D eigenvalue weighted by molar-refractivity contribution is 5.33. The molecule has 1 aromatic rings. The van der Waals surface area contributed by atoms with E-state index in [0.717, 1.165) is 12.1 Å². The Morgan fingerprint density at radius 1 is 1.28 bits per heavy atom. The molecule has 18 heavy (non-hydrogen) atoms. The minimum atomic E-state index is -4.13. The Hall–Kier alpha value is -1.68. The summed E-state index contributed by atoms with van der Waals surface area (Å²) in [7, 11) is 0. The molecule has 0 spiro atoms.